The molecule has 0 saturated carbocycles. The molecular formula is C8H10NOP. The van der Waals surface area contributed by atoms with E-state index in [-0.39, 0.29) is 0 Å². The van der Waals surface area contributed by atoms with Gasteiger partial charge in [0.1, 0.15) is 6.29 Å². The zero-order chi connectivity index (χ0) is 8.10. The van der Waals surface area contributed by atoms with E-state index >= 15 is 0 Å². The van der Waals surface area contributed by atoms with Gasteiger partial charge in [0, 0.05) is 12.1 Å². The Morgan fingerprint density at radius 2 is 2.00 bits per heavy atom. The highest BCUT2D eigenvalue weighted by Gasteiger charge is 1.90. The van der Waals surface area contributed by atoms with E-state index in [1.165, 1.54) is 5.56 Å². The van der Waals surface area contributed by atoms with E-state index in [0.717, 1.165) is 18.4 Å². The van der Waals surface area contributed by atoms with E-state index in [9.17, 15) is 4.79 Å². The molecule has 0 aromatic heterocycles. The van der Waals surface area contributed by atoms with Gasteiger partial charge in [-0.15, -0.1) is 0 Å². The standard InChI is InChI=1S/C8H10NOP/c10-6-8-3-1-7(2-4-8)5-9-11/h1-4,6,9H,5,11H2. The molecule has 0 aliphatic carbocycles. The van der Waals surface area contributed by atoms with Crippen LogP contribution in [0.4, 0.5) is 0 Å². The second-order valence-corrected chi connectivity index (χ2v) is 2.65. The summed E-state index contributed by atoms with van der Waals surface area (Å²) in [5.74, 6) is 0. The monoisotopic (exact) mass is 167 g/mol. The Bertz CT molecular complexity index is 232. The van der Waals surface area contributed by atoms with Crippen molar-refractivity contribution >= 4 is 15.7 Å². The van der Waals surface area contributed by atoms with Gasteiger partial charge < -0.3 is 0 Å². The van der Waals surface area contributed by atoms with Crippen molar-refractivity contribution in [2.24, 2.45) is 0 Å². The summed E-state index contributed by atoms with van der Waals surface area (Å²) in [6.45, 7) is 0.809. The highest BCUT2D eigenvalue weighted by atomic mass is 31.0. The maximum absolute atomic E-state index is 10.3. The summed E-state index contributed by atoms with van der Waals surface area (Å²) in [5, 5.41) is 2.95. The molecule has 1 aromatic carbocycles. The summed E-state index contributed by atoms with van der Waals surface area (Å²) in [6, 6.07) is 7.48. The molecule has 2 nitrogen and oxygen atoms in total. The number of hydrogen-bond donors (Lipinski definition) is 1. The zero-order valence-corrected chi connectivity index (χ0v) is 7.23. The molecule has 3 heteroatoms. The minimum Gasteiger partial charge on any atom is -0.298 e. The lowest BCUT2D eigenvalue weighted by Crippen LogP contribution is -1.96. The number of carbonyl (C=O) groups excluding carboxylic acids is 1. The molecule has 0 heterocycles. The van der Waals surface area contributed by atoms with Crippen LogP contribution >= 0.6 is 9.39 Å². The van der Waals surface area contributed by atoms with Crippen LogP contribution in [0, 0.1) is 0 Å². The average molecular weight is 167 g/mol. The first kappa shape index (κ1) is 8.38. The number of carbonyl (C=O) groups is 1. The Balaban J connectivity index is 2.74. The van der Waals surface area contributed by atoms with Crippen molar-refractivity contribution in [2.75, 3.05) is 0 Å². The van der Waals surface area contributed by atoms with Crippen molar-refractivity contribution in [1.29, 1.82) is 0 Å². The van der Waals surface area contributed by atoms with E-state index in [4.69, 9.17) is 0 Å². The maximum Gasteiger partial charge on any atom is 0.150 e. The highest BCUT2D eigenvalue weighted by molar-refractivity contribution is 7.13. The fourth-order valence-corrected chi connectivity index (χ4v) is 1.07. The molecule has 0 saturated heterocycles. The van der Waals surface area contributed by atoms with Crippen molar-refractivity contribution in [3.05, 3.63) is 35.4 Å². The summed E-state index contributed by atoms with van der Waals surface area (Å²) in [6.07, 6.45) is 0.845. The molecule has 0 aliphatic heterocycles. The first-order valence-electron chi connectivity index (χ1n) is 3.34. The number of benzene rings is 1. The Morgan fingerprint density at radius 3 is 2.45 bits per heavy atom. The fraction of sp³-hybridized carbons (Fsp3) is 0.125. The third-order valence-corrected chi connectivity index (χ3v) is 1.63. The molecule has 0 amide bonds. The number of hydrogen-bond acceptors (Lipinski definition) is 2. The van der Waals surface area contributed by atoms with E-state index in [0.29, 0.717) is 0 Å². The first-order valence-corrected chi connectivity index (χ1v) is 3.92. The number of nitrogens with one attached hydrogen (secondary N) is 1. The van der Waals surface area contributed by atoms with Gasteiger partial charge in [0.25, 0.3) is 0 Å². The lowest BCUT2D eigenvalue weighted by molar-refractivity contribution is 0.112. The lowest BCUT2D eigenvalue weighted by Gasteiger charge is -1.98. The van der Waals surface area contributed by atoms with Crippen molar-refractivity contribution in [2.45, 2.75) is 6.54 Å². The van der Waals surface area contributed by atoms with Gasteiger partial charge >= 0.3 is 0 Å². The number of rotatable bonds is 3. The second-order valence-electron chi connectivity index (χ2n) is 2.24. The number of aldehydes is 1. The van der Waals surface area contributed by atoms with Crippen LogP contribution in [-0.4, -0.2) is 6.29 Å². The second kappa shape index (κ2) is 4.22. The molecule has 1 N–H and O–H groups in total. The third kappa shape index (κ3) is 2.41. The predicted molar refractivity (Wildman–Crippen MR) is 48.4 cm³/mol. The van der Waals surface area contributed by atoms with Crippen LogP contribution in [0.2, 0.25) is 0 Å². The first-order chi connectivity index (χ1) is 5.36. The van der Waals surface area contributed by atoms with Crippen LogP contribution < -0.4 is 5.09 Å². The normalized spacial score (nSPS) is 9.55. The van der Waals surface area contributed by atoms with Crippen molar-refractivity contribution in [3.8, 4) is 0 Å². The van der Waals surface area contributed by atoms with Gasteiger partial charge in [-0.25, -0.2) is 0 Å². The van der Waals surface area contributed by atoms with Crippen LogP contribution in [0.15, 0.2) is 24.3 Å². The molecule has 1 unspecified atom stereocenters. The molecule has 0 radical (unpaired) electrons. The Kier molecular flexibility index (Phi) is 3.21. The molecule has 1 aromatic rings. The van der Waals surface area contributed by atoms with Gasteiger partial charge in [-0.05, 0) is 5.56 Å². The maximum atomic E-state index is 10.3. The summed E-state index contributed by atoms with van der Waals surface area (Å²) >= 11 is 0. The topological polar surface area (TPSA) is 29.1 Å². The van der Waals surface area contributed by atoms with Gasteiger partial charge in [0.2, 0.25) is 0 Å². The van der Waals surface area contributed by atoms with Crippen molar-refractivity contribution in [3.63, 3.8) is 0 Å². The summed E-state index contributed by atoms with van der Waals surface area (Å²) < 4.78 is 0. The molecular weight excluding hydrogens is 157 g/mol. The average Bonchev–Trinajstić information content (AvgIpc) is 2.07. The van der Waals surface area contributed by atoms with Gasteiger partial charge in [0.05, 0.1) is 0 Å². The minimum atomic E-state index is 0.720. The summed E-state index contributed by atoms with van der Waals surface area (Å²) in [7, 11) is 2.43. The third-order valence-electron chi connectivity index (χ3n) is 1.42. The Morgan fingerprint density at radius 1 is 1.36 bits per heavy atom. The highest BCUT2D eigenvalue weighted by Crippen LogP contribution is 2.02. The van der Waals surface area contributed by atoms with Crippen LogP contribution in [0.1, 0.15) is 15.9 Å². The fourth-order valence-electron chi connectivity index (χ4n) is 0.832. The van der Waals surface area contributed by atoms with Gasteiger partial charge in [0.15, 0.2) is 0 Å². The molecule has 0 fully saturated rings. The minimum absolute atomic E-state index is 0.720. The van der Waals surface area contributed by atoms with Crippen molar-refractivity contribution < 1.29 is 4.79 Å². The Hall–Kier alpha value is -0.720. The van der Waals surface area contributed by atoms with E-state index in [1.807, 2.05) is 24.3 Å². The van der Waals surface area contributed by atoms with Crippen LogP contribution in [0.5, 0.6) is 0 Å². The van der Waals surface area contributed by atoms with Gasteiger partial charge in [-0.3, -0.25) is 9.88 Å². The van der Waals surface area contributed by atoms with E-state index in [2.05, 4.69) is 14.5 Å². The largest absolute Gasteiger partial charge is 0.298 e. The Labute approximate surface area is 68.3 Å². The van der Waals surface area contributed by atoms with Gasteiger partial charge in [-0.1, -0.05) is 33.7 Å². The SMILES string of the molecule is O=Cc1ccc(CNP)cc1. The summed E-state index contributed by atoms with van der Waals surface area (Å²) in [4.78, 5) is 10.3. The lowest BCUT2D eigenvalue weighted by atomic mass is 10.1. The van der Waals surface area contributed by atoms with Crippen LogP contribution in [0.25, 0.3) is 0 Å². The molecule has 0 spiro atoms. The summed E-state index contributed by atoms with van der Waals surface area (Å²) in [5.41, 5.74) is 1.89. The smallest absolute Gasteiger partial charge is 0.150 e. The molecule has 0 bridgehead atoms. The van der Waals surface area contributed by atoms with Gasteiger partial charge in [-0.2, -0.15) is 0 Å². The van der Waals surface area contributed by atoms with E-state index < -0.39 is 0 Å². The predicted octanol–water partition coefficient (Wildman–Crippen LogP) is 1.38. The molecule has 1 rings (SSSR count). The van der Waals surface area contributed by atoms with Crippen LogP contribution in [0.3, 0.4) is 0 Å². The molecule has 1 atom stereocenters. The molecule has 58 valence electrons. The molecule has 11 heavy (non-hydrogen) atoms. The quantitative estimate of drug-likeness (QED) is 0.544. The van der Waals surface area contributed by atoms with Crippen LogP contribution in [-0.2, 0) is 6.54 Å². The molecule has 0 aliphatic rings. The zero-order valence-electron chi connectivity index (χ0n) is 6.08. The van der Waals surface area contributed by atoms with Crippen molar-refractivity contribution in [1.82, 2.24) is 5.09 Å². The van der Waals surface area contributed by atoms with E-state index in [1.54, 1.807) is 0 Å².